The van der Waals surface area contributed by atoms with Gasteiger partial charge in [-0.2, -0.15) is 0 Å². The van der Waals surface area contributed by atoms with E-state index in [1.165, 1.54) is 5.56 Å². The molecule has 2 aromatic rings. The normalized spacial score (nSPS) is 16.8. The zero-order valence-electron chi connectivity index (χ0n) is 15.5. The van der Waals surface area contributed by atoms with E-state index in [0.29, 0.717) is 18.0 Å². The summed E-state index contributed by atoms with van der Waals surface area (Å²) < 4.78 is 5.53. The lowest BCUT2D eigenvalue weighted by Gasteiger charge is -2.26. The van der Waals surface area contributed by atoms with Crippen LogP contribution >= 0.6 is 11.6 Å². The molecule has 0 bridgehead atoms. The van der Waals surface area contributed by atoms with Crippen molar-refractivity contribution in [1.82, 2.24) is 4.90 Å². The van der Waals surface area contributed by atoms with Gasteiger partial charge < -0.3 is 14.5 Å². The molecule has 0 radical (unpaired) electrons. The van der Waals surface area contributed by atoms with Crippen LogP contribution in [-0.2, 0) is 17.8 Å². The Morgan fingerprint density at radius 1 is 1.15 bits per heavy atom. The van der Waals surface area contributed by atoms with Crippen LogP contribution < -0.4 is 9.64 Å². The summed E-state index contributed by atoms with van der Waals surface area (Å²) in [5, 5.41) is 0.714. The van der Waals surface area contributed by atoms with Gasteiger partial charge in [0.2, 0.25) is 5.91 Å². The Kier molecular flexibility index (Phi) is 5.72. The van der Waals surface area contributed by atoms with Crippen LogP contribution in [0.4, 0.5) is 5.69 Å². The Labute approximate surface area is 160 Å². The van der Waals surface area contributed by atoms with Crippen molar-refractivity contribution in [2.24, 2.45) is 0 Å². The average Bonchev–Trinajstić information content (AvgIpc) is 2.96. The first-order valence-corrected chi connectivity index (χ1v) is 9.24. The second kappa shape index (κ2) is 8.00. The number of anilines is 1. The van der Waals surface area contributed by atoms with Gasteiger partial charge in [-0.25, -0.2) is 0 Å². The summed E-state index contributed by atoms with van der Waals surface area (Å²) in [5.41, 5.74) is 3.35. The highest BCUT2D eigenvalue weighted by atomic mass is 35.5. The number of hydrogen-bond acceptors (Lipinski definition) is 3. The van der Waals surface area contributed by atoms with Crippen molar-refractivity contribution in [3.8, 4) is 5.75 Å². The number of carbonyl (C=O) groups excluding carboxylic acids is 1. The van der Waals surface area contributed by atoms with Crippen LogP contribution in [0.5, 0.6) is 5.75 Å². The van der Waals surface area contributed by atoms with Crippen molar-refractivity contribution < 1.29 is 9.53 Å². The molecule has 0 aliphatic carbocycles. The van der Waals surface area contributed by atoms with Crippen LogP contribution in [0.15, 0.2) is 42.5 Å². The van der Waals surface area contributed by atoms with E-state index in [4.69, 9.17) is 16.3 Å². The van der Waals surface area contributed by atoms with Crippen molar-refractivity contribution in [2.75, 3.05) is 26.1 Å². The molecule has 5 heteroatoms. The second-order valence-electron chi connectivity index (χ2n) is 6.95. The van der Waals surface area contributed by atoms with Crippen LogP contribution in [0.2, 0.25) is 5.02 Å². The molecule has 1 unspecified atom stereocenters. The Morgan fingerprint density at radius 3 is 2.50 bits per heavy atom. The highest BCUT2D eigenvalue weighted by molar-refractivity contribution is 6.30. The van der Waals surface area contributed by atoms with E-state index < -0.39 is 0 Å². The van der Waals surface area contributed by atoms with Crippen LogP contribution in [0.3, 0.4) is 0 Å². The van der Waals surface area contributed by atoms with Crippen LogP contribution in [-0.4, -0.2) is 38.1 Å². The van der Waals surface area contributed by atoms with E-state index in [1.54, 1.807) is 7.11 Å². The molecule has 2 aromatic carbocycles. The minimum atomic E-state index is 0.216. The fourth-order valence-corrected chi connectivity index (χ4v) is 3.63. The molecule has 1 saturated heterocycles. The van der Waals surface area contributed by atoms with Crippen LogP contribution in [0, 0.1) is 0 Å². The standard InChI is InChI=1S/C21H25ClN2O2/c1-23(2)19-10-6-16(13-20(19)26-3)12-18-9-11-21(25)24(18)14-15-4-7-17(22)8-5-15/h4-8,10,13,18H,9,11-12,14H2,1-3H3. The summed E-state index contributed by atoms with van der Waals surface area (Å²) in [5.74, 6) is 1.09. The number of amides is 1. The van der Waals surface area contributed by atoms with Gasteiger partial charge in [0.25, 0.3) is 0 Å². The van der Waals surface area contributed by atoms with Gasteiger partial charge in [0.1, 0.15) is 5.75 Å². The Balaban J connectivity index is 1.75. The summed E-state index contributed by atoms with van der Waals surface area (Å²) >= 11 is 5.96. The lowest BCUT2D eigenvalue weighted by molar-refractivity contribution is -0.129. The maximum atomic E-state index is 12.4. The zero-order valence-corrected chi connectivity index (χ0v) is 16.3. The number of rotatable bonds is 6. The number of carbonyl (C=O) groups is 1. The monoisotopic (exact) mass is 372 g/mol. The highest BCUT2D eigenvalue weighted by Gasteiger charge is 2.31. The maximum Gasteiger partial charge on any atom is 0.223 e. The molecule has 1 aliphatic rings. The topological polar surface area (TPSA) is 32.8 Å². The predicted octanol–water partition coefficient (Wildman–Crippen LogP) is 4.15. The van der Waals surface area contributed by atoms with Crippen molar-refractivity contribution >= 4 is 23.2 Å². The van der Waals surface area contributed by atoms with Gasteiger partial charge in [-0.3, -0.25) is 4.79 Å². The first-order valence-electron chi connectivity index (χ1n) is 8.86. The molecule has 0 spiro atoms. The maximum absolute atomic E-state index is 12.4. The molecule has 0 aromatic heterocycles. The summed E-state index contributed by atoms with van der Waals surface area (Å²) in [6.07, 6.45) is 2.35. The summed E-state index contributed by atoms with van der Waals surface area (Å²) in [6, 6.07) is 14.2. The van der Waals surface area contributed by atoms with Crippen molar-refractivity contribution in [3.63, 3.8) is 0 Å². The molecular formula is C21H25ClN2O2. The van der Waals surface area contributed by atoms with Gasteiger partial charge in [0.05, 0.1) is 12.8 Å². The third-order valence-electron chi connectivity index (χ3n) is 4.92. The minimum Gasteiger partial charge on any atom is -0.495 e. The first kappa shape index (κ1) is 18.6. The largest absolute Gasteiger partial charge is 0.495 e. The molecule has 1 atom stereocenters. The zero-order chi connectivity index (χ0) is 18.7. The molecule has 1 aliphatic heterocycles. The predicted molar refractivity (Wildman–Crippen MR) is 106 cm³/mol. The fourth-order valence-electron chi connectivity index (χ4n) is 3.50. The highest BCUT2D eigenvalue weighted by Crippen LogP contribution is 2.30. The molecule has 1 amide bonds. The summed E-state index contributed by atoms with van der Waals surface area (Å²) in [4.78, 5) is 16.4. The minimum absolute atomic E-state index is 0.216. The van der Waals surface area contributed by atoms with E-state index in [9.17, 15) is 4.79 Å². The number of likely N-dealkylation sites (tertiary alicyclic amines) is 1. The van der Waals surface area contributed by atoms with Crippen molar-refractivity contribution in [1.29, 1.82) is 0 Å². The molecule has 0 saturated carbocycles. The van der Waals surface area contributed by atoms with Gasteiger partial charge in [-0.05, 0) is 48.2 Å². The summed E-state index contributed by atoms with van der Waals surface area (Å²) in [6.45, 7) is 0.633. The number of halogens is 1. The summed E-state index contributed by atoms with van der Waals surface area (Å²) in [7, 11) is 5.69. The molecule has 1 fully saturated rings. The van der Waals surface area contributed by atoms with E-state index in [2.05, 4.69) is 18.2 Å². The third-order valence-corrected chi connectivity index (χ3v) is 5.17. The van der Waals surface area contributed by atoms with Crippen molar-refractivity contribution in [3.05, 3.63) is 58.6 Å². The molecular weight excluding hydrogens is 348 g/mol. The van der Waals surface area contributed by atoms with E-state index in [-0.39, 0.29) is 11.9 Å². The Bertz CT molecular complexity index is 774. The molecule has 3 rings (SSSR count). The third kappa shape index (κ3) is 4.13. The van der Waals surface area contributed by atoms with Gasteiger partial charge in [-0.15, -0.1) is 0 Å². The lowest BCUT2D eigenvalue weighted by atomic mass is 10.0. The smallest absolute Gasteiger partial charge is 0.223 e. The molecule has 4 nitrogen and oxygen atoms in total. The molecule has 0 N–H and O–H groups in total. The Morgan fingerprint density at radius 2 is 1.85 bits per heavy atom. The Hall–Kier alpha value is -2.20. The van der Waals surface area contributed by atoms with E-state index >= 15 is 0 Å². The van der Waals surface area contributed by atoms with Crippen molar-refractivity contribution in [2.45, 2.75) is 31.8 Å². The quantitative estimate of drug-likeness (QED) is 0.763. The molecule has 1 heterocycles. The average molecular weight is 373 g/mol. The second-order valence-corrected chi connectivity index (χ2v) is 7.38. The van der Waals surface area contributed by atoms with Crippen LogP contribution in [0.25, 0.3) is 0 Å². The van der Waals surface area contributed by atoms with E-state index in [0.717, 1.165) is 29.8 Å². The van der Waals surface area contributed by atoms with E-state index in [1.807, 2.05) is 48.2 Å². The molecule has 138 valence electrons. The van der Waals surface area contributed by atoms with Gasteiger partial charge in [-0.1, -0.05) is 29.8 Å². The SMILES string of the molecule is COc1cc(CC2CCC(=O)N2Cc2ccc(Cl)cc2)ccc1N(C)C. The number of benzene rings is 2. The number of ether oxygens (including phenoxy) is 1. The van der Waals surface area contributed by atoms with Crippen LogP contribution in [0.1, 0.15) is 24.0 Å². The first-order chi connectivity index (χ1) is 12.5. The number of nitrogens with zero attached hydrogens (tertiary/aromatic N) is 2. The fraction of sp³-hybridized carbons (Fsp3) is 0.381. The van der Waals surface area contributed by atoms with Gasteiger partial charge in [0.15, 0.2) is 0 Å². The lowest BCUT2D eigenvalue weighted by Crippen LogP contribution is -2.33. The van der Waals surface area contributed by atoms with Gasteiger partial charge in [0, 0.05) is 38.1 Å². The number of hydrogen-bond donors (Lipinski definition) is 0. The van der Waals surface area contributed by atoms with Gasteiger partial charge >= 0.3 is 0 Å². The molecule has 26 heavy (non-hydrogen) atoms. The number of methoxy groups -OCH3 is 1.